The molecule has 25 heavy (non-hydrogen) atoms. The van der Waals surface area contributed by atoms with E-state index in [9.17, 15) is 0 Å². The normalized spacial score (nSPS) is 15.3. The van der Waals surface area contributed by atoms with E-state index in [1.54, 1.807) is 6.20 Å². The van der Waals surface area contributed by atoms with Gasteiger partial charge in [0.05, 0.1) is 19.4 Å². The highest BCUT2D eigenvalue weighted by molar-refractivity contribution is 5.56. The molecule has 134 valence electrons. The summed E-state index contributed by atoms with van der Waals surface area (Å²) in [6.45, 7) is 9.69. The average molecular weight is 342 g/mol. The van der Waals surface area contributed by atoms with Crippen molar-refractivity contribution in [3.63, 3.8) is 0 Å². The monoisotopic (exact) mass is 342 g/mol. The van der Waals surface area contributed by atoms with Crippen LogP contribution in [0.25, 0.3) is 0 Å². The van der Waals surface area contributed by atoms with Crippen LogP contribution in [0.3, 0.4) is 0 Å². The smallest absolute Gasteiger partial charge is 0.244 e. The third-order valence-electron chi connectivity index (χ3n) is 4.22. The molecule has 0 aliphatic carbocycles. The molecule has 0 saturated carbocycles. The van der Waals surface area contributed by atoms with E-state index in [0.717, 1.165) is 45.1 Å². The second-order valence-electron chi connectivity index (χ2n) is 6.45. The lowest BCUT2D eigenvalue weighted by Crippen LogP contribution is -2.39. The summed E-state index contributed by atoms with van der Waals surface area (Å²) in [6.07, 6.45) is 1.63. The number of hydrogen-bond donors (Lipinski definition) is 2. The standard InChI is InChI=1S/C18H26N6O/c1-14(2)15-3-5-16(6-4-15)21-17-13-20-23-18(22-17)19-7-8-24-9-11-25-12-10-24/h3-6,13-14H,7-12H2,1-2H3,(H2,19,21,22,23). The van der Waals surface area contributed by atoms with Crippen molar-refractivity contribution in [1.29, 1.82) is 0 Å². The predicted octanol–water partition coefficient (Wildman–Crippen LogP) is 2.48. The van der Waals surface area contributed by atoms with Gasteiger partial charge >= 0.3 is 0 Å². The lowest BCUT2D eigenvalue weighted by molar-refractivity contribution is 0.0398. The van der Waals surface area contributed by atoms with Crippen LogP contribution in [0, 0.1) is 0 Å². The summed E-state index contributed by atoms with van der Waals surface area (Å²) in [5.74, 6) is 1.75. The molecule has 1 saturated heterocycles. The molecule has 0 spiro atoms. The van der Waals surface area contributed by atoms with Crippen LogP contribution in [0.15, 0.2) is 30.5 Å². The largest absolute Gasteiger partial charge is 0.379 e. The molecule has 0 atom stereocenters. The molecule has 2 heterocycles. The van der Waals surface area contributed by atoms with Crippen molar-refractivity contribution in [3.8, 4) is 0 Å². The van der Waals surface area contributed by atoms with Crippen molar-refractivity contribution in [2.75, 3.05) is 50.0 Å². The van der Waals surface area contributed by atoms with Crippen molar-refractivity contribution >= 4 is 17.5 Å². The zero-order valence-electron chi connectivity index (χ0n) is 14.9. The van der Waals surface area contributed by atoms with E-state index >= 15 is 0 Å². The van der Waals surface area contributed by atoms with Crippen LogP contribution in [-0.4, -0.2) is 59.5 Å². The van der Waals surface area contributed by atoms with Gasteiger partial charge in [0, 0.05) is 31.9 Å². The predicted molar refractivity (Wildman–Crippen MR) is 99.4 cm³/mol. The molecular weight excluding hydrogens is 316 g/mol. The fourth-order valence-corrected chi connectivity index (χ4v) is 2.69. The first-order valence-electron chi connectivity index (χ1n) is 8.81. The van der Waals surface area contributed by atoms with Gasteiger partial charge in [0.1, 0.15) is 0 Å². The van der Waals surface area contributed by atoms with Gasteiger partial charge in [-0.2, -0.15) is 10.1 Å². The highest BCUT2D eigenvalue weighted by Gasteiger charge is 2.09. The maximum Gasteiger partial charge on any atom is 0.244 e. The molecule has 0 amide bonds. The summed E-state index contributed by atoms with van der Waals surface area (Å²) < 4.78 is 5.35. The Morgan fingerprint density at radius 3 is 2.64 bits per heavy atom. The molecule has 1 aromatic heterocycles. The first-order chi connectivity index (χ1) is 12.2. The number of nitrogens with one attached hydrogen (secondary N) is 2. The first-order valence-corrected chi connectivity index (χ1v) is 8.81. The second kappa shape index (κ2) is 8.73. The molecule has 0 unspecified atom stereocenters. The van der Waals surface area contributed by atoms with E-state index in [4.69, 9.17) is 4.74 Å². The van der Waals surface area contributed by atoms with Gasteiger partial charge in [0.25, 0.3) is 0 Å². The Hall–Kier alpha value is -2.25. The van der Waals surface area contributed by atoms with Gasteiger partial charge in [-0.25, -0.2) is 0 Å². The SMILES string of the molecule is CC(C)c1ccc(Nc2cnnc(NCCN3CCOCC3)n2)cc1. The van der Waals surface area contributed by atoms with Gasteiger partial charge in [0.15, 0.2) is 5.82 Å². The van der Waals surface area contributed by atoms with Crippen molar-refractivity contribution in [2.24, 2.45) is 0 Å². The molecular formula is C18H26N6O. The number of rotatable bonds is 7. The summed E-state index contributed by atoms with van der Waals surface area (Å²) in [7, 11) is 0. The lowest BCUT2D eigenvalue weighted by atomic mass is 10.0. The van der Waals surface area contributed by atoms with Crippen LogP contribution in [0.1, 0.15) is 25.3 Å². The van der Waals surface area contributed by atoms with Gasteiger partial charge in [-0.3, -0.25) is 4.90 Å². The number of hydrogen-bond acceptors (Lipinski definition) is 7. The number of morpholine rings is 1. The molecule has 0 bridgehead atoms. The van der Waals surface area contributed by atoms with Gasteiger partial charge < -0.3 is 15.4 Å². The van der Waals surface area contributed by atoms with Crippen LogP contribution in [0.5, 0.6) is 0 Å². The Labute approximate surface area is 148 Å². The molecule has 7 heteroatoms. The van der Waals surface area contributed by atoms with Gasteiger partial charge in [0.2, 0.25) is 5.95 Å². The summed E-state index contributed by atoms with van der Waals surface area (Å²) >= 11 is 0. The number of aromatic nitrogens is 3. The maximum atomic E-state index is 5.35. The van der Waals surface area contributed by atoms with E-state index in [1.807, 2.05) is 0 Å². The van der Waals surface area contributed by atoms with E-state index < -0.39 is 0 Å². The average Bonchev–Trinajstić information content (AvgIpc) is 2.63. The molecule has 0 radical (unpaired) electrons. The Morgan fingerprint density at radius 2 is 1.92 bits per heavy atom. The fourth-order valence-electron chi connectivity index (χ4n) is 2.69. The van der Waals surface area contributed by atoms with Crippen molar-refractivity contribution in [2.45, 2.75) is 19.8 Å². The molecule has 3 rings (SSSR count). The summed E-state index contributed by atoms with van der Waals surface area (Å²) in [5.41, 5.74) is 2.31. The Morgan fingerprint density at radius 1 is 1.16 bits per heavy atom. The fraction of sp³-hybridized carbons (Fsp3) is 0.500. The van der Waals surface area contributed by atoms with Crippen LogP contribution >= 0.6 is 0 Å². The van der Waals surface area contributed by atoms with E-state index in [0.29, 0.717) is 17.7 Å². The molecule has 1 fully saturated rings. The Bertz CT molecular complexity index is 655. The molecule has 1 aliphatic rings. The van der Waals surface area contributed by atoms with Gasteiger partial charge in [-0.05, 0) is 23.6 Å². The quantitative estimate of drug-likeness (QED) is 0.800. The summed E-state index contributed by atoms with van der Waals surface area (Å²) in [4.78, 5) is 6.83. The van der Waals surface area contributed by atoms with Crippen LogP contribution in [0.2, 0.25) is 0 Å². The Balaban J connectivity index is 1.52. The maximum absolute atomic E-state index is 5.35. The summed E-state index contributed by atoms with van der Waals surface area (Å²) in [5, 5.41) is 14.6. The number of benzene rings is 1. The van der Waals surface area contributed by atoms with Crippen LogP contribution < -0.4 is 10.6 Å². The topological polar surface area (TPSA) is 75.2 Å². The zero-order chi connectivity index (χ0) is 17.5. The highest BCUT2D eigenvalue weighted by Crippen LogP contribution is 2.19. The molecule has 7 nitrogen and oxygen atoms in total. The molecule has 2 N–H and O–H groups in total. The molecule has 1 aromatic carbocycles. The van der Waals surface area contributed by atoms with E-state index in [1.165, 1.54) is 5.56 Å². The number of anilines is 3. The third-order valence-corrected chi connectivity index (χ3v) is 4.22. The lowest BCUT2D eigenvalue weighted by Gasteiger charge is -2.26. The minimum atomic E-state index is 0.525. The molecule has 1 aliphatic heterocycles. The number of nitrogens with zero attached hydrogens (tertiary/aromatic N) is 4. The van der Waals surface area contributed by atoms with Crippen molar-refractivity contribution in [1.82, 2.24) is 20.1 Å². The van der Waals surface area contributed by atoms with Gasteiger partial charge in [-0.1, -0.05) is 26.0 Å². The second-order valence-corrected chi connectivity index (χ2v) is 6.45. The summed E-state index contributed by atoms with van der Waals surface area (Å²) in [6, 6.07) is 8.37. The van der Waals surface area contributed by atoms with Gasteiger partial charge in [-0.15, -0.1) is 5.10 Å². The Kier molecular flexibility index (Phi) is 6.14. The van der Waals surface area contributed by atoms with Crippen LogP contribution in [0.4, 0.5) is 17.5 Å². The minimum absolute atomic E-state index is 0.525. The molecule has 2 aromatic rings. The van der Waals surface area contributed by atoms with E-state index in [2.05, 4.69) is 68.8 Å². The minimum Gasteiger partial charge on any atom is -0.379 e. The third kappa shape index (κ3) is 5.37. The van der Waals surface area contributed by atoms with E-state index in [-0.39, 0.29) is 0 Å². The van der Waals surface area contributed by atoms with Crippen LogP contribution in [-0.2, 0) is 4.74 Å². The first kappa shape index (κ1) is 17.6. The zero-order valence-corrected chi connectivity index (χ0v) is 14.9. The van der Waals surface area contributed by atoms with Crippen molar-refractivity contribution in [3.05, 3.63) is 36.0 Å². The van der Waals surface area contributed by atoms with Crippen molar-refractivity contribution < 1.29 is 4.74 Å². The highest BCUT2D eigenvalue weighted by atomic mass is 16.5. The number of ether oxygens (including phenoxy) is 1.